The van der Waals surface area contributed by atoms with Gasteiger partial charge in [-0.05, 0) is 49.8 Å². The Kier molecular flexibility index (Phi) is 5.61. The van der Waals surface area contributed by atoms with Crippen LogP contribution < -0.4 is 9.47 Å². The van der Waals surface area contributed by atoms with Crippen LogP contribution in [0.2, 0.25) is 0 Å². The Hall–Kier alpha value is -3.79. The number of nitrogens with one attached hydrogen (secondary N) is 1. The third kappa shape index (κ3) is 4.13. The normalized spacial score (nSPS) is 12.4. The van der Waals surface area contributed by atoms with Gasteiger partial charge >= 0.3 is 5.97 Å². The number of imidazole rings is 1. The van der Waals surface area contributed by atoms with E-state index in [4.69, 9.17) is 14.6 Å². The zero-order valence-electron chi connectivity index (χ0n) is 15.5. The van der Waals surface area contributed by atoms with Crippen molar-refractivity contribution in [1.29, 1.82) is 5.26 Å². The van der Waals surface area contributed by atoms with Gasteiger partial charge in [0.05, 0.1) is 23.2 Å². The minimum Gasteiger partial charge on any atom is -0.490 e. The predicted octanol–water partition coefficient (Wildman–Crippen LogP) is 3.88. The van der Waals surface area contributed by atoms with Crippen molar-refractivity contribution in [3.05, 3.63) is 53.9 Å². The Morgan fingerprint density at radius 1 is 1.32 bits per heavy atom. The van der Waals surface area contributed by atoms with Gasteiger partial charge in [0, 0.05) is 0 Å². The summed E-state index contributed by atoms with van der Waals surface area (Å²) in [6, 6.07) is 14.8. The number of ether oxygens (including phenoxy) is 2. The summed E-state index contributed by atoms with van der Waals surface area (Å²) >= 11 is 0. The zero-order chi connectivity index (χ0) is 20.1. The monoisotopic (exact) mass is 377 g/mol. The van der Waals surface area contributed by atoms with E-state index in [9.17, 15) is 10.1 Å². The average Bonchev–Trinajstić information content (AvgIpc) is 3.12. The maximum atomic E-state index is 11.0. The number of benzene rings is 2. The highest BCUT2D eigenvalue weighted by molar-refractivity contribution is 5.90. The molecule has 0 saturated carbocycles. The highest BCUT2D eigenvalue weighted by Gasteiger charge is 2.16. The van der Waals surface area contributed by atoms with E-state index >= 15 is 0 Å². The third-order valence-corrected chi connectivity index (χ3v) is 4.00. The van der Waals surface area contributed by atoms with E-state index in [1.807, 2.05) is 31.2 Å². The van der Waals surface area contributed by atoms with Crippen molar-refractivity contribution < 1.29 is 19.4 Å². The second-order valence-corrected chi connectivity index (χ2v) is 6.01. The smallest absolute Gasteiger partial charge is 0.344 e. The van der Waals surface area contributed by atoms with Gasteiger partial charge in [0.25, 0.3) is 0 Å². The number of rotatable bonds is 7. The molecule has 7 nitrogen and oxygen atoms in total. The van der Waals surface area contributed by atoms with Crippen LogP contribution in [0.15, 0.2) is 42.5 Å². The molecule has 0 bridgehead atoms. The highest BCUT2D eigenvalue weighted by Crippen LogP contribution is 2.31. The number of carboxylic acid groups (broad SMARTS) is 1. The number of allylic oxidation sites excluding steroid dienone is 1. The third-order valence-electron chi connectivity index (χ3n) is 4.00. The maximum absolute atomic E-state index is 11.0. The summed E-state index contributed by atoms with van der Waals surface area (Å²) in [5, 5.41) is 18.6. The number of hydrogen-bond donors (Lipinski definition) is 2. The average molecular weight is 377 g/mol. The summed E-state index contributed by atoms with van der Waals surface area (Å²) < 4.78 is 11.0. The molecule has 28 heavy (non-hydrogen) atoms. The molecule has 1 aromatic heterocycles. The molecule has 3 rings (SSSR count). The van der Waals surface area contributed by atoms with E-state index in [0.717, 1.165) is 11.0 Å². The van der Waals surface area contributed by atoms with Gasteiger partial charge < -0.3 is 19.6 Å². The summed E-state index contributed by atoms with van der Waals surface area (Å²) in [6.07, 6.45) is 0.677. The zero-order valence-corrected chi connectivity index (χ0v) is 15.5. The molecule has 1 heterocycles. The van der Waals surface area contributed by atoms with Gasteiger partial charge in [-0.25, -0.2) is 9.78 Å². The second-order valence-electron chi connectivity index (χ2n) is 6.01. The molecule has 1 atom stereocenters. The van der Waals surface area contributed by atoms with Crippen molar-refractivity contribution in [2.24, 2.45) is 0 Å². The van der Waals surface area contributed by atoms with Gasteiger partial charge in [0.15, 0.2) is 17.6 Å². The van der Waals surface area contributed by atoms with E-state index in [1.54, 1.807) is 24.3 Å². The molecular weight excluding hydrogens is 358 g/mol. The van der Waals surface area contributed by atoms with Crippen molar-refractivity contribution in [3.8, 4) is 17.6 Å². The number of aliphatic carboxylic acids is 1. The fourth-order valence-electron chi connectivity index (χ4n) is 2.62. The lowest BCUT2D eigenvalue weighted by Gasteiger charge is -2.15. The fourth-order valence-corrected chi connectivity index (χ4v) is 2.62. The first-order valence-electron chi connectivity index (χ1n) is 8.75. The molecule has 0 radical (unpaired) electrons. The molecule has 2 N–H and O–H groups in total. The molecule has 0 unspecified atom stereocenters. The first-order chi connectivity index (χ1) is 13.5. The van der Waals surface area contributed by atoms with Crippen LogP contribution in [-0.2, 0) is 4.79 Å². The van der Waals surface area contributed by atoms with Crippen LogP contribution in [0.25, 0.3) is 22.7 Å². The highest BCUT2D eigenvalue weighted by atomic mass is 16.5. The summed E-state index contributed by atoms with van der Waals surface area (Å²) in [4.78, 5) is 18.6. The van der Waals surface area contributed by atoms with Gasteiger partial charge in [0.2, 0.25) is 0 Å². The van der Waals surface area contributed by atoms with E-state index in [2.05, 4.69) is 16.0 Å². The van der Waals surface area contributed by atoms with Gasteiger partial charge in [-0.3, -0.25) is 0 Å². The molecule has 7 heteroatoms. The Morgan fingerprint density at radius 3 is 2.79 bits per heavy atom. The van der Waals surface area contributed by atoms with Crippen molar-refractivity contribution in [2.45, 2.75) is 20.0 Å². The number of para-hydroxylation sites is 2. The number of hydrogen-bond acceptors (Lipinski definition) is 5. The number of nitrogens with zero attached hydrogens (tertiary/aromatic N) is 2. The lowest BCUT2D eigenvalue weighted by atomic mass is 10.1. The summed E-state index contributed by atoms with van der Waals surface area (Å²) in [6.45, 7) is 3.66. The van der Waals surface area contributed by atoms with Gasteiger partial charge in [-0.15, -0.1) is 0 Å². The Bertz CT molecular complexity index is 1050. The van der Waals surface area contributed by atoms with Crippen LogP contribution in [-0.4, -0.2) is 33.8 Å². The molecule has 0 aliphatic rings. The van der Waals surface area contributed by atoms with Crippen molar-refractivity contribution >= 4 is 28.7 Å². The molecule has 3 aromatic rings. The van der Waals surface area contributed by atoms with Gasteiger partial charge in [-0.1, -0.05) is 18.2 Å². The lowest BCUT2D eigenvalue weighted by Crippen LogP contribution is -2.23. The van der Waals surface area contributed by atoms with Crippen LogP contribution in [0.1, 0.15) is 25.2 Å². The van der Waals surface area contributed by atoms with E-state index in [0.29, 0.717) is 35.1 Å². The maximum Gasteiger partial charge on any atom is 0.344 e. The largest absolute Gasteiger partial charge is 0.490 e. The SMILES string of the molecule is CCOc1cc(/C=C(\C#N)c2nc3ccccc3[nH]2)ccc1O[C@H](C)C(=O)O. The molecular formula is C21H19N3O4. The molecule has 0 spiro atoms. The lowest BCUT2D eigenvalue weighted by molar-refractivity contribution is -0.144. The van der Waals surface area contributed by atoms with Gasteiger partial charge in [0.1, 0.15) is 11.9 Å². The van der Waals surface area contributed by atoms with Crippen molar-refractivity contribution in [2.75, 3.05) is 6.61 Å². The van der Waals surface area contributed by atoms with Crippen molar-refractivity contribution in [1.82, 2.24) is 9.97 Å². The van der Waals surface area contributed by atoms with Crippen LogP contribution in [0.5, 0.6) is 11.5 Å². The molecule has 0 saturated heterocycles. The number of nitriles is 1. The Morgan fingerprint density at radius 2 is 2.11 bits per heavy atom. The number of aromatic amines is 1. The summed E-state index contributed by atoms with van der Waals surface area (Å²) in [7, 11) is 0. The van der Waals surface area contributed by atoms with E-state index < -0.39 is 12.1 Å². The Balaban J connectivity index is 1.95. The molecule has 2 aromatic carbocycles. The fraction of sp³-hybridized carbons (Fsp3) is 0.190. The number of carbonyl (C=O) groups is 1. The number of carboxylic acids is 1. The van der Waals surface area contributed by atoms with Crippen LogP contribution in [0.4, 0.5) is 0 Å². The van der Waals surface area contributed by atoms with Crippen LogP contribution in [0, 0.1) is 11.3 Å². The molecule has 0 aliphatic heterocycles. The van der Waals surface area contributed by atoms with Gasteiger partial charge in [-0.2, -0.15) is 5.26 Å². The first kappa shape index (κ1) is 19.0. The quantitative estimate of drug-likeness (QED) is 0.605. The van der Waals surface area contributed by atoms with E-state index in [-0.39, 0.29) is 0 Å². The number of fused-ring (bicyclic) bond motifs is 1. The number of H-pyrrole nitrogens is 1. The summed E-state index contributed by atoms with van der Waals surface area (Å²) in [5.41, 5.74) is 2.70. The topological polar surface area (TPSA) is 108 Å². The van der Waals surface area contributed by atoms with E-state index in [1.165, 1.54) is 6.92 Å². The minimum absolute atomic E-state index is 0.330. The molecule has 0 fully saturated rings. The first-order valence-corrected chi connectivity index (χ1v) is 8.75. The van der Waals surface area contributed by atoms with Crippen molar-refractivity contribution in [3.63, 3.8) is 0 Å². The molecule has 142 valence electrons. The van der Waals surface area contributed by atoms with Crippen LogP contribution >= 0.6 is 0 Å². The Labute approximate surface area is 161 Å². The van der Waals surface area contributed by atoms with Crippen LogP contribution in [0.3, 0.4) is 0 Å². The standard InChI is InChI=1S/C21H19N3O4/c1-3-27-19-11-14(8-9-18(19)28-13(2)21(25)26)10-15(12-22)20-23-16-6-4-5-7-17(16)24-20/h4-11,13H,3H2,1-2H3,(H,23,24)(H,25,26)/b15-10+/t13-/m1/s1. The number of aromatic nitrogens is 2. The minimum atomic E-state index is -1.07. The summed E-state index contributed by atoms with van der Waals surface area (Å²) in [5.74, 6) is 0.145. The second kappa shape index (κ2) is 8.27. The predicted molar refractivity (Wildman–Crippen MR) is 105 cm³/mol. The molecule has 0 amide bonds. The molecule has 0 aliphatic carbocycles.